The number of aryl methyl sites for hydroxylation is 1. The average molecular weight is 276 g/mol. The maximum absolute atomic E-state index is 6.32. The number of nitrogens with zero attached hydrogens (tertiary/aromatic N) is 1. The number of unbranched alkanes of at least 4 members (excludes halogenated alkanes) is 2. The van der Waals surface area contributed by atoms with Crippen molar-refractivity contribution in [2.75, 3.05) is 13.1 Å². The minimum Gasteiger partial charge on any atom is -0.326 e. The van der Waals surface area contributed by atoms with Crippen molar-refractivity contribution in [2.45, 2.75) is 65.5 Å². The van der Waals surface area contributed by atoms with Gasteiger partial charge in [0, 0.05) is 12.1 Å². The first-order valence-electron chi connectivity index (χ1n) is 8.16. The zero-order chi connectivity index (χ0) is 15.0. The van der Waals surface area contributed by atoms with Crippen LogP contribution in [0.5, 0.6) is 0 Å². The van der Waals surface area contributed by atoms with Gasteiger partial charge in [-0.25, -0.2) is 0 Å². The highest BCUT2D eigenvalue weighted by Gasteiger charge is 2.23. The molecule has 0 spiro atoms. The molecular formula is C18H32N2. The maximum Gasteiger partial charge on any atom is 0.0496 e. The summed E-state index contributed by atoms with van der Waals surface area (Å²) in [4.78, 5) is 2.59. The van der Waals surface area contributed by atoms with Crippen LogP contribution < -0.4 is 5.73 Å². The third kappa shape index (κ3) is 5.26. The first-order valence-corrected chi connectivity index (χ1v) is 8.16. The Morgan fingerprint density at radius 2 is 1.70 bits per heavy atom. The van der Waals surface area contributed by atoms with Crippen molar-refractivity contribution in [1.29, 1.82) is 0 Å². The van der Waals surface area contributed by atoms with Crippen molar-refractivity contribution in [3.8, 4) is 0 Å². The normalized spacial score (nSPS) is 14.5. The summed E-state index contributed by atoms with van der Waals surface area (Å²) < 4.78 is 0. The Bertz CT molecular complexity index is 365. The van der Waals surface area contributed by atoms with Crippen molar-refractivity contribution in [1.82, 2.24) is 4.90 Å². The molecule has 2 unspecified atom stereocenters. The molecule has 0 radical (unpaired) electrons. The van der Waals surface area contributed by atoms with Gasteiger partial charge < -0.3 is 5.73 Å². The monoisotopic (exact) mass is 276 g/mol. The quantitative estimate of drug-likeness (QED) is 0.729. The predicted molar refractivity (Wildman–Crippen MR) is 89.0 cm³/mol. The third-order valence-corrected chi connectivity index (χ3v) is 3.87. The summed E-state index contributed by atoms with van der Waals surface area (Å²) >= 11 is 0. The SMILES string of the molecule is CCCCN(CCCC)C(c1cccc(C)c1)C(C)N. The molecule has 2 heteroatoms. The molecule has 0 aliphatic heterocycles. The van der Waals surface area contributed by atoms with Gasteiger partial charge in [0.15, 0.2) is 0 Å². The van der Waals surface area contributed by atoms with Gasteiger partial charge in [0.25, 0.3) is 0 Å². The number of rotatable bonds is 9. The minimum absolute atomic E-state index is 0.158. The highest BCUT2D eigenvalue weighted by atomic mass is 15.2. The molecule has 0 heterocycles. The van der Waals surface area contributed by atoms with Crippen LogP contribution in [0.1, 0.15) is 63.6 Å². The predicted octanol–water partition coefficient (Wildman–Crippen LogP) is 4.29. The Morgan fingerprint density at radius 3 is 2.15 bits per heavy atom. The molecule has 0 bridgehead atoms. The Labute approximate surface area is 125 Å². The molecule has 0 saturated heterocycles. The molecule has 1 aromatic rings. The van der Waals surface area contributed by atoms with E-state index in [1.54, 1.807) is 0 Å². The van der Waals surface area contributed by atoms with Gasteiger partial charge in [-0.15, -0.1) is 0 Å². The van der Waals surface area contributed by atoms with Crippen LogP contribution in [0.25, 0.3) is 0 Å². The van der Waals surface area contributed by atoms with Crippen molar-refractivity contribution in [3.63, 3.8) is 0 Å². The number of benzene rings is 1. The molecule has 0 aliphatic rings. The highest BCUT2D eigenvalue weighted by molar-refractivity contribution is 5.26. The summed E-state index contributed by atoms with van der Waals surface area (Å²) in [6, 6.07) is 9.32. The van der Waals surface area contributed by atoms with Crippen LogP contribution in [-0.4, -0.2) is 24.0 Å². The lowest BCUT2D eigenvalue weighted by Crippen LogP contribution is -2.40. The Balaban J connectivity index is 2.93. The van der Waals surface area contributed by atoms with Gasteiger partial charge in [0.05, 0.1) is 0 Å². The largest absolute Gasteiger partial charge is 0.326 e. The highest BCUT2D eigenvalue weighted by Crippen LogP contribution is 2.25. The molecule has 0 saturated carbocycles. The molecular weight excluding hydrogens is 244 g/mol. The van der Waals surface area contributed by atoms with E-state index in [1.165, 1.54) is 36.8 Å². The molecule has 2 nitrogen and oxygen atoms in total. The van der Waals surface area contributed by atoms with Crippen LogP contribution in [0.15, 0.2) is 24.3 Å². The summed E-state index contributed by atoms with van der Waals surface area (Å²) in [6.07, 6.45) is 4.97. The number of hydrogen-bond acceptors (Lipinski definition) is 2. The van der Waals surface area contributed by atoms with Gasteiger partial charge in [0.1, 0.15) is 0 Å². The van der Waals surface area contributed by atoms with E-state index in [0.29, 0.717) is 6.04 Å². The molecule has 2 atom stereocenters. The van der Waals surface area contributed by atoms with Gasteiger partial charge in [-0.1, -0.05) is 56.5 Å². The zero-order valence-electron chi connectivity index (χ0n) is 13.7. The second-order valence-corrected chi connectivity index (χ2v) is 5.96. The third-order valence-electron chi connectivity index (χ3n) is 3.87. The molecule has 114 valence electrons. The standard InChI is InChI=1S/C18H32N2/c1-5-7-12-20(13-8-6-2)18(16(4)19)17-11-9-10-15(3)14-17/h9-11,14,16,18H,5-8,12-13,19H2,1-4H3. The topological polar surface area (TPSA) is 29.3 Å². The van der Waals surface area contributed by atoms with E-state index in [2.05, 4.69) is 56.9 Å². The summed E-state index contributed by atoms with van der Waals surface area (Å²) in [5, 5.41) is 0. The fourth-order valence-corrected chi connectivity index (χ4v) is 2.81. The molecule has 0 aliphatic carbocycles. The summed E-state index contributed by atoms with van der Waals surface area (Å²) in [5.74, 6) is 0. The van der Waals surface area contributed by atoms with Crippen molar-refractivity contribution < 1.29 is 0 Å². The van der Waals surface area contributed by atoms with Crippen LogP contribution in [0.4, 0.5) is 0 Å². The lowest BCUT2D eigenvalue weighted by Gasteiger charge is -2.35. The molecule has 1 aromatic carbocycles. The molecule has 2 N–H and O–H groups in total. The molecule has 0 fully saturated rings. The smallest absolute Gasteiger partial charge is 0.0496 e. The number of hydrogen-bond donors (Lipinski definition) is 1. The van der Waals surface area contributed by atoms with E-state index >= 15 is 0 Å². The van der Waals surface area contributed by atoms with Crippen LogP contribution in [0, 0.1) is 6.92 Å². The van der Waals surface area contributed by atoms with E-state index in [0.717, 1.165) is 13.1 Å². The Kier molecular flexibility index (Phi) is 7.86. The lowest BCUT2D eigenvalue weighted by molar-refractivity contribution is 0.171. The van der Waals surface area contributed by atoms with E-state index in [4.69, 9.17) is 5.73 Å². The zero-order valence-corrected chi connectivity index (χ0v) is 13.7. The van der Waals surface area contributed by atoms with Gasteiger partial charge >= 0.3 is 0 Å². The average Bonchev–Trinajstić information content (AvgIpc) is 2.41. The van der Waals surface area contributed by atoms with Gasteiger partial charge in [0.2, 0.25) is 0 Å². The molecule has 1 rings (SSSR count). The minimum atomic E-state index is 0.158. The Morgan fingerprint density at radius 1 is 1.10 bits per heavy atom. The molecule has 0 aromatic heterocycles. The van der Waals surface area contributed by atoms with Gasteiger partial charge in [-0.2, -0.15) is 0 Å². The summed E-state index contributed by atoms with van der Waals surface area (Å²) in [5.41, 5.74) is 9.01. The second-order valence-electron chi connectivity index (χ2n) is 5.96. The fourth-order valence-electron chi connectivity index (χ4n) is 2.81. The lowest BCUT2D eigenvalue weighted by atomic mass is 9.97. The van der Waals surface area contributed by atoms with Crippen LogP contribution in [0.2, 0.25) is 0 Å². The van der Waals surface area contributed by atoms with Crippen molar-refractivity contribution >= 4 is 0 Å². The van der Waals surface area contributed by atoms with Crippen molar-refractivity contribution in [2.24, 2.45) is 5.73 Å². The fraction of sp³-hybridized carbons (Fsp3) is 0.667. The van der Waals surface area contributed by atoms with Gasteiger partial charge in [-0.3, -0.25) is 4.90 Å². The summed E-state index contributed by atoms with van der Waals surface area (Å²) in [7, 11) is 0. The summed E-state index contributed by atoms with van der Waals surface area (Å²) in [6.45, 7) is 11.1. The van der Waals surface area contributed by atoms with Crippen LogP contribution >= 0.6 is 0 Å². The van der Waals surface area contributed by atoms with Gasteiger partial charge in [-0.05, 0) is 45.3 Å². The number of nitrogens with two attached hydrogens (primary N) is 1. The van der Waals surface area contributed by atoms with E-state index in [9.17, 15) is 0 Å². The van der Waals surface area contributed by atoms with Crippen LogP contribution in [0.3, 0.4) is 0 Å². The Hall–Kier alpha value is -0.860. The first kappa shape index (κ1) is 17.2. The van der Waals surface area contributed by atoms with Crippen LogP contribution in [-0.2, 0) is 0 Å². The van der Waals surface area contributed by atoms with Crippen molar-refractivity contribution in [3.05, 3.63) is 35.4 Å². The van der Waals surface area contributed by atoms with E-state index < -0.39 is 0 Å². The first-order chi connectivity index (χ1) is 9.60. The second kappa shape index (κ2) is 9.15. The van der Waals surface area contributed by atoms with E-state index in [1.807, 2.05) is 0 Å². The maximum atomic E-state index is 6.32. The molecule has 0 amide bonds. The van der Waals surface area contributed by atoms with E-state index in [-0.39, 0.29) is 6.04 Å². The molecule has 20 heavy (non-hydrogen) atoms.